The second-order valence-electron chi connectivity index (χ2n) is 7.67. The van der Waals surface area contributed by atoms with Crippen LogP contribution in [0.25, 0.3) is 0 Å². The van der Waals surface area contributed by atoms with Gasteiger partial charge in [-0.2, -0.15) is 0 Å². The van der Waals surface area contributed by atoms with Crippen LogP contribution >= 0.6 is 11.3 Å². The highest BCUT2D eigenvalue weighted by Gasteiger charge is 2.30. The number of rotatable bonds is 4. The molecule has 5 nitrogen and oxygen atoms in total. The van der Waals surface area contributed by atoms with E-state index in [1.54, 1.807) is 11.3 Å². The Morgan fingerprint density at radius 3 is 2.73 bits per heavy atom. The summed E-state index contributed by atoms with van der Waals surface area (Å²) < 4.78 is 6.28. The van der Waals surface area contributed by atoms with Crippen molar-refractivity contribution in [3.8, 4) is 5.19 Å². The van der Waals surface area contributed by atoms with Gasteiger partial charge in [-0.25, -0.2) is 4.98 Å². The van der Waals surface area contributed by atoms with Crippen LogP contribution < -0.4 is 9.64 Å². The van der Waals surface area contributed by atoms with Crippen LogP contribution in [0.2, 0.25) is 0 Å². The third-order valence-electron chi connectivity index (χ3n) is 6.06. The molecule has 0 atom stereocenters. The molecule has 0 bridgehead atoms. The number of pyridine rings is 1. The van der Waals surface area contributed by atoms with Crippen LogP contribution in [0.3, 0.4) is 0 Å². The Morgan fingerprint density at radius 2 is 2.00 bits per heavy atom. The van der Waals surface area contributed by atoms with E-state index in [1.807, 2.05) is 18.5 Å². The zero-order chi connectivity index (χ0) is 17.3. The Kier molecular flexibility index (Phi) is 4.55. The largest absolute Gasteiger partial charge is 0.467 e. The average molecular weight is 371 g/mol. The van der Waals surface area contributed by atoms with Crippen LogP contribution in [0.4, 0.5) is 5.69 Å². The number of likely N-dealkylation sites (tertiary alicyclic amines) is 1. The molecule has 0 aromatic carbocycles. The lowest BCUT2D eigenvalue weighted by Gasteiger charge is -2.41. The second kappa shape index (κ2) is 7.16. The zero-order valence-electron chi connectivity index (χ0n) is 15.1. The minimum Gasteiger partial charge on any atom is -0.467 e. The van der Waals surface area contributed by atoms with Gasteiger partial charge < -0.3 is 14.5 Å². The number of thiazole rings is 1. The van der Waals surface area contributed by atoms with E-state index >= 15 is 0 Å². The fraction of sp³-hybridized carbons (Fsp3) is 0.600. The number of anilines is 1. The van der Waals surface area contributed by atoms with Gasteiger partial charge in [0, 0.05) is 38.3 Å². The van der Waals surface area contributed by atoms with Crippen molar-refractivity contribution in [2.24, 2.45) is 0 Å². The summed E-state index contributed by atoms with van der Waals surface area (Å²) in [5.41, 5.74) is 2.43. The lowest BCUT2D eigenvalue weighted by Crippen LogP contribution is -2.46. The first-order valence-corrected chi connectivity index (χ1v) is 10.7. The summed E-state index contributed by atoms with van der Waals surface area (Å²) in [6, 6.07) is 5.00. The van der Waals surface area contributed by atoms with Gasteiger partial charge in [-0.15, -0.1) is 0 Å². The van der Waals surface area contributed by atoms with Crippen LogP contribution in [0.5, 0.6) is 5.19 Å². The third kappa shape index (κ3) is 3.32. The summed E-state index contributed by atoms with van der Waals surface area (Å²) in [7, 11) is 0. The topological polar surface area (TPSA) is 41.5 Å². The molecule has 0 amide bonds. The van der Waals surface area contributed by atoms with E-state index < -0.39 is 0 Å². The molecule has 0 unspecified atom stereocenters. The molecule has 2 aromatic heterocycles. The molecule has 1 saturated heterocycles. The van der Waals surface area contributed by atoms with Crippen molar-refractivity contribution >= 4 is 17.0 Å². The van der Waals surface area contributed by atoms with Gasteiger partial charge >= 0.3 is 0 Å². The smallest absolute Gasteiger partial charge is 0.273 e. The van der Waals surface area contributed by atoms with E-state index in [9.17, 15) is 0 Å². The number of hydrogen-bond acceptors (Lipinski definition) is 6. The average Bonchev–Trinajstić information content (AvgIpc) is 3.04. The Hall–Kier alpha value is -1.66. The van der Waals surface area contributed by atoms with Gasteiger partial charge in [0.15, 0.2) is 0 Å². The van der Waals surface area contributed by atoms with Gasteiger partial charge in [-0.3, -0.25) is 4.98 Å². The van der Waals surface area contributed by atoms with Gasteiger partial charge in [-0.1, -0.05) is 17.8 Å². The van der Waals surface area contributed by atoms with Crippen molar-refractivity contribution in [2.45, 2.75) is 57.2 Å². The molecule has 0 N–H and O–H groups in total. The number of fused-ring (bicyclic) bond motifs is 1. The second-order valence-corrected chi connectivity index (χ2v) is 8.72. The summed E-state index contributed by atoms with van der Waals surface area (Å²) in [5.74, 6) is 0. The molecule has 3 aliphatic rings. The Bertz CT molecular complexity index is 738. The molecule has 2 aliphatic heterocycles. The first kappa shape index (κ1) is 16.5. The lowest BCUT2D eigenvalue weighted by molar-refractivity contribution is 0.0492. The van der Waals surface area contributed by atoms with E-state index in [0.29, 0.717) is 6.10 Å². The van der Waals surface area contributed by atoms with Gasteiger partial charge in [-0.05, 0) is 37.8 Å². The van der Waals surface area contributed by atoms with Gasteiger partial charge in [0.25, 0.3) is 5.19 Å². The predicted octanol–water partition coefficient (Wildman–Crippen LogP) is 3.50. The highest BCUT2D eigenvalue weighted by molar-refractivity contribution is 7.13. The van der Waals surface area contributed by atoms with Crippen LogP contribution in [-0.2, 0) is 13.0 Å². The SMILES string of the molecule is c1cncc(N2CCc3nc(OC4CCN(C5CCC5)CC4)sc3C2)c1. The van der Waals surface area contributed by atoms with Crippen molar-refractivity contribution in [1.82, 2.24) is 14.9 Å². The molecule has 4 heterocycles. The van der Waals surface area contributed by atoms with Crippen molar-refractivity contribution in [1.29, 1.82) is 0 Å². The normalized spacial score (nSPS) is 22.1. The van der Waals surface area contributed by atoms with E-state index in [4.69, 9.17) is 9.72 Å². The summed E-state index contributed by atoms with van der Waals surface area (Å²) in [6.45, 7) is 4.30. The molecule has 6 heteroatoms. The van der Waals surface area contributed by atoms with Crippen LogP contribution in [0, 0.1) is 0 Å². The molecule has 0 spiro atoms. The lowest BCUT2D eigenvalue weighted by atomic mass is 9.90. The van der Waals surface area contributed by atoms with E-state index in [2.05, 4.69) is 20.9 Å². The molecule has 2 fully saturated rings. The first-order chi connectivity index (χ1) is 12.8. The van der Waals surface area contributed by atoms with Crippen LogP contribution in [-0.4, -0.2) is 46.6 Å². The quantitative estimate of drug-likeness (QED) is 0.824. The Balaban J connectivity index is 1.19. The Morgan fingerprint density at radius 1 is 1.12 bits per heavy atom. The van der Waals surface area contributed by atoms with Gasteiger partial charge in [0.2, 0.25) is 0 Å². The maximum Gasteiger partial charge on any atom is 0.273 e. The third-order valence-corrected chi connectivity index (χ3v) is 7.03. The van der Waals surface area contributed by atoms with E-state index in [1.165, 1.54) is 48.6 Å². The zero-order valence-corrected chi connectivity index (χ0v) is 16.0. The number of ether oxygens (including phenoxy) is 1. The molecule has 0 radical (unpaired) electrons. The van der Waals surface area contributed by atoms with Crippen molar-refractivity contribution in [2.75, 3.05) is 24.5 Å². The highest BCUT2D eigenvalue weighted by atomic mass is 32.1. The summed E-state index contributed by atoms with van der Waals surface area (Å²) in [5, 5.41) is 0.880. The molecule has 2 aromatic rings. The Labute approximate surface area is 159 Å². The number of aromatic nitrogens is 2. The monoisotopic (exact) mass is 370 g/mol. The standard InChI is InChI=1S/C20H26N4OS/c1-3-15(4-1)23-10-6-17(7-11-23)25-20-22-18-8-12-24(14-19(18)26-20)16-5-2-9-21-13-16/h2,5,9,13,15,17H,1,3-4,6-8,10-12,14H2. The molecule has 26 heavy (non-hydrogen) atoms. The van der Waals surface area contributed by atoms with Crippen molar-refractivity contribution < 1.29 is 4.74 Å². The minimum absolute atomic E-state index is 0.341. The van der Waals surface area contributed by atoms with Crippen molar-refractivity contribution in [3.63, 3.8) is 0 Å². The maximum atomic E-state index is 6.28. The highest BCUT2D eigenvalue weighted by Crippen LogP contribution is 2.34. The fourth-order valence-electron chi connectivity index (χ4n) is 4.24. The number of piperidine rings is 1. The number of nitrogens with zero attached hydrogens (tertiary/aromatic N) is 4. The summed E-state index contributed by atoms with van der Waals surface area (Å²) in [6.07, 6.45) is 11.6. The van der Waals surface area contributed by atoms with Crippen molar-refractivity contribution in [3.05, 3.63) is 35.1 Å². The molecule has 5 rings (SSSR count). The summed E-state index contributed by atoms with van der Waals surface area (Å²) in [4.78, 5) is 15.4. The molecule has 1 saturated carbocycles. The first-order valence-electron chi connectivity index (χ1n) is 9.89. The van der Waals surface area contributed by atoms with Gasteiger partial charge in [0.05, 0.1) is 29.0 Å². The molecule has 1 aliphatic carbocycles. The maximum absolute atomic E-state index is 6.28. The predicted molar refractivity (Wildman–Crippen MR) is 104 cm³/mol. The minimum atomic E-state index is 0.341. The molecule has 138 valence electrons. The fourth-order valence-corrected chi connectivity index (χ4v) is 5.27. The molecular weight excluding hydrogens is 344 g/mol. The van der Waals surface area contributed by atoms with E-state index in [-0.39, 0.29) is 0 Å². The van der Waals surface area contributed by atoms with Crippen LogP contribution in [0.1, 0.15) is 42.7 Å². The summed E-state index contributed by atoms with van der Waals surface area (Å²) >= 11 is 1.74. The van der Waals surface area contributed by atoms with E-state index in [0.717, 1.165) is 43.6 Å². The van der Waals surface area contributed by atoms with Gasteiger partial charge in [0.1, 0.15) is 6.10 Å². The number of hydrogen-bond donors (Lipinski definition) is 0. The molecular formula is C20H26N4OS. The van der Waals surface area contributed by atoms with Crippen LogP contribution in [0.15, 0.2) is 24.5 Å².